The molecule has 4 aromatic rings. The van der Waals surface area contributed by atoms with Crippen LogP contribution in [0.3, 0.4) is 0 Å². The first kappa shape index (κ1) is 35.5. The second-order valence-corrected chi connectivity index (χ2v) is 11.2. The number of hydrogen-bond donors (Lipinski definition) is 2. The van der Waals surface area contributed by atoms with Crippen LogP contribution in [0.15, 0.2) is 107 Å². The highest BCUT2D eigenvalue weighted by Crippen LogP contribution is 2.20. The number of carbonyl (C=O) groups is 4. The molecule has 0 saturated carbocycles. The van der Waals surface area contributed by atoms with Crippen LogP contribution in [0.4, 0.5) is 0 Å². The fraction of sp³-hybridized carbons (Fsp3) is 0.167. The number of rotatable bonds is 15. The number of nitrogens with one attached hydrogen (secondary N) is 2. The van der Waals surface area contributed by atoms with Crippen molar-refractivity contribution in [2.75, 3.05) is 0 Å². The number of hydrogen-bond acceptors (Lipinski definition) is 8. The van der Waals surface area contributed by atoms with Crippen molar-refractivity contribution in [3.05, 3.63) is 129 Å². The molecular weight excluding hydrogens is 655 g/mol. The summed E-state index contributed by atoms with van der Waals surface area (Å²) in [6.07, 6.45) is 6.12. The molecule has 4 rings (SSSR count). The van der Waals surface area contributed by atoms with E-state index in [2.05, 4.69) is 21.1 Å². The summed E-state index contributed by atoms with van der Waals surface area (Å²) in [6, 6.07) is 26.3. The Hall–Kier alpha value is -5.32. The average Bonchev–Trinajstić information content (AvgIpc) is 3.08. The summed E-state index contributed by atoms with van der Waals surface area (Å²) in [5.41, 5.74) is 6.70. The molecule has 0 bridgehead atoms. The van der Waals surface area contributed by atoms with Gasteiger partial charge in [0.05, 0.1) is 23.6 Å². The van der Waals surface area contributed by atoms with Crippen LogP contribution >= 0.6 is 23.2 Å². The zero-order chi connectivity index (χ0) is 34.1. The van der Waals surface area contributed by atoms with Crippen LogP contribution in [0, 0.1) is 0 Å². The van der Waals surface area contributed by atoms with E-state index in [-0.39, 0.29) is 24.7 Å². The number of nitrogens with zero attached hydrogens (tertiary/aromatic N) is 2. The number of esters is 2. The topological polar surface area (TPSA) is 136 Å². The van der Waals surface area contributed by atoms with Crippen LogP contribution < -0.4 is 20.3 Å². The van der Waals surface area contributed by atoms with Gasteiger partial charge in [-0.1, -0.05) is 60.3 Å². The molecule has 0 radical (unpaired) electrons. The molecule has 10 nitrogen and oxygen atoms in total. The van der Waals surface area contributed by atoms with Crippen molar-refractivity contribution in [2.45, 2.75) is 38.5 Å². The quantitative estimate of drug-likeness (QED) is 0.0441. The Kier molecular flexibility index (Phi) is 13.9. The zero-order valence-corrected chi connectivity index (χ0v) is 27.2. The van der Waals surface area contributed by atoms with Crippen LogP contribution in [0.2, 0.25) is 10.0 Å². The van der Waals surface area contributed by atoms with Gasteiger partial charge in [0.2, 0.25) is 11.8 Å². The van der Waals surface area contributed by atoms with Gasteiger partial charge in [0, 0.05) is 34.0 Å². The lowest BCUT2D eigenvalue weighted by molar-refractivity contribution is -0.122. The fourth-order valence-electron chi connectivity index (χ4n) is 4.23. The Labute approximate surface area is 287 Å². The van der Waals surface area contributed by atoms with Gasteiger partial charge >= 0.3 is 11.9 Å². The van der Waals surface area contributed by atoms with Gasteiger partial charge in [-0.15, -0.1) is 0 Å². The number of ether oxygens (including phenoxy) is 2. The lowest BCUT2D eigenvalue weighted by atomic mass is 10.1. The lowest BCUT2D eigenvalue weighted by Crippen LogP contribution is -2.17. The molecule has 4 aromatic carbocycles. The van der Waals surface area contributed by atoms with Gasteiger partial charge in [-0.05, 0) is 85.6 Å². The van der Waals surface area contributed by atoms with E-state index >= 15 is 0 Å². The van der Waals surface area contributed by atoms with E-state index in [4.69, 9.17) is 32.7 Å². The minimum atomic E-state index is -0.543. The zero-order valence-electron chi connectivity index (χ0n) is 25.7. The molecule has 0 heterocycles. The van der Waals surface area contributed by atoms with Crippen LogP contribution in [-0.2, 0) is 9.59 Å². The van der Waals surface area contributed by atoms with Gasteiger partial charge in [-0.3, -0.25) is 9.59 Å². The Morgan fingerprint density at radius 1 is 0.542 bits per heavy atom. The summed E-state index contributed by atoms with van der Waals surface area (Å²) in [6.45, 7) is 0. The molecule has 0 aliphatic carbocycles. The Bertz CT molecular complexity index is 1650. The molecular formula is C36H32Cl2N4O6. The van der Waals surface area contributed by atoms with Crippen molar-refractivity contribution in [3.8, 4) is 11.5 Å². The molecule has 2 amide bonds. The maximum absolute atomic E-state index is 12.5. The first-order valence-corrected chi connectivity index (χ1v) is 15.8. The van der Waals surface area contributed by atoms with E-state index in [1.807, 2.05) is 0 Å². The normalized spacial score (nSPS) is 11.0. The number of carbonyl (C=O) groups excluding carboxylic acids is 4. The van der Waals surface area contributed by atoms with Crippen LogP contribution in [-0.4, -0.2) is 36.2 Å². The first-order valence-electron chi connectivity index (χ1n) is 15.1. The van der Waals surface area contributed by atoms with Crippen LogP contribution in [0.5, 0.6) is 11.5 Å². The summed E-state index contributed by atoms with van der Waals surface area (Å²) >= 11 is 11.8. The van der Waals surface area contributed by atoms with Crippen LogP contribution in [0.25, 0.3) is 0 Å². The smallest absolute Gasteiger partial charge is 0.343 e. The third-order valence-corrected chi connectivity index (χ3v) is 7.25. The van der Waals surface area contributed by atoms with Crippen molar-refractivity contribution in [1.29, 1.82) is 0 Å². The summed E-state index contributed by atoms with van der Waals surface area (Å²) in [5, 5.41) is 9.00. The molecule has 2 N–H and O–H groups in total. The maximum atomic E-state index is 12.5. The molecule has 0 atom stereocenters. The highest BCUT2D eigenvalue weighted by Gasteiger charge is 2.12. The summed E-state index contributed by atoms with van der Waals surface area (Å²) in [5.74, 6) is -1.01. The molecule has 12 heteroatoms. The van der Waals surface area contributed by atoms with E-state index in [1.165, 1.54) is 12.4 Å². The molecule has 0 saturated heterocycles. The van der Waals surface area contributed by atoms with Crippen molar-refractivity contribution in [2.24, 2.45) is 10.2 Å². The second kappa shape index (κ2) is 18.7. The van der Waals surface area contributed by atoms with Crippen molar-refractivity contribution >= 4 is 59.4 Å². The Balaban J connectivity index is 1.11. The summed E-state index contributed by atoms with van der Waals surface area (Å²) in [7, 11) is 0. The predicted molar refractivity (Wildman–Crippen MR) is 185 cm³/mol. The molecule has 0 fully saturated rings. The van der Waals surface area contributed by atoms with Gasteiger partial charge < -0.3 is 9.47 Å². The van der Waals surface area contributed by atoms with E-state index in [0.29, 0.717) is 56.6 Å². The molecule has 0 unspecified atom stereocenters. The molecule has 0 aliphatic heterocycles. The van der Waals surface area contributed by atoms with E-state index in [1.54, 1.807) is 97.1 Å². The number of para-hydroxylation sites is 2. The number of hydrazone groups is 2. The minimum absolute atomic E-state index is 0.256. The highest BCUT2D eigenvalue weighted by atomic mass is 35.5. The van der Waals surface area contributed by atoms with Gasteiger partial charge in [-0.2, -0.15) is 10.2 Å². The van der Waals surface area contributed by atoms with Gasteiger partial charge in [0.1, 0.15) is 11.5 Å². The number of unbranched alkanes of at least 4 members (excludes halogenated alkanes) is 3. The highest BCUT2D eigenvalue weighted by molar-refractivity contribution is 6.31. The molecule has 246 valence electrons. The average molecular weight is 688 g/mol. The van der Waals surface area contributed by atoms with Crippen molar-refractivity contribution in [1.82, 2.24) is 10.9 Å². The molecule has 48 heavy (non-hydrogen) atoms. The molecule has 0 aliphatic rings. The van der Waals surface area contributed by atoms with Crippen molar-refractivity contribution in [3.63, 3.8) is 0 Å². The van der Waals surface area contributed by atoms with Gasteiger partial charge in [0.25, 0.3) is 0 Å². The van der Waals surface area contributed by atoms with Gasteiger partial charge in [-0.25, -0.2) is 20.4 Å². The van der Waals surface area contributed by atoms with E-state index < -0.39 is 11.9 Å². The first-order chi connectivity index (χ1) is 23.3. The third-order valence-electron chi connectivity index (χ3n) is 6.75. The maximum Gasteiger partial charge on any atom is 0.343 e. The summed E-state index contributed by atoms with van der Waals surface area (Å²) in [4.78, 5) is 49.3. The van der Waals surface area contributed by atoms with E-state index in [9.17, 15) is 19.2 Å². The fourth-order valence-corrected chi connectivity index (χ4v) is 4.49. The third kappa shape index (κ3) is 11.8. The SMILES string of the molecule is O=C(CCCCCCC(=O)N/N=C/c1ccccc1OC(=O)c1ccc(Cl)cc1)N/N=C/c1ccccc1OC(=O)c1ccc(Cl)cc1. The number of benzene rings is 4. The largest absolute Gasteiger partial charge is 0.422 e. The Morgan fingerprint density at radius 2 is 0.917 bits per heavy atom. The Morgan fingerprint density at radius 3 is 1.31 bits per heavy atom. The van der Waals surface area contributed by atoms with Gasteiger partial charge in [0.15, 0.2) is 0 Å². The van der Waals surface area contributed by atoms with E-state index in [0.717, 1.165) is 12.8 Å². The monoisotopic (exact) mass is 686 g/mol. The minimum Gasteiger partial charge on any atom is -0.422 e. The predicted octanol–water partition coefficient (Wildman–Crippen LogP) is 7.37. The second-order valence-electron chi connectivity index (χ2n) is 10.4. The lowest BCUT2D eigenvalue weighted by Gasteiger charge is -2.07. The molecule has 0 spiro atoms. The van der Waals surface area contributed by atoms with Crippen molar-refractivity contribution < 1.29 is 28.7 Å². The number of halogens is 2. The summed E-state index contributed by atoms with van der Waals surface area (Å²) < 4.78 is 11.0. The molecule has 0 aromatic heterocycles. The standard InChI is InChI=1S/C36H32Cl2N4O6/c37-29-19-15-25(16-20-29)35(45)47-31-11-7-5-9-27(31)23-39-41-33(43)13-3-1-2-4-14-34(44)42-40-24-28-10-6-8-12-32(28)48-36(46)26-17-21-30(38)22-18-26/h5-12,15-24H,1-4,13-14H2,(H,41,43)(H,42,44)/b39-23+,40-24+. The number of amides is 2. The van der Waals surface area contributed by atoms with Crippen LogP contribution in [0.1, 0.15) is 70.4 Å².